The number of rotatable bonds is 3. The predicted octanol–water partition coefficient (Wildman–Crippen LogP) is 2.36. The maximum absolute atomic E-state index is 13.3. The number of carbonyl (C=O) groups is 2. The van der Waals surface area contributed by atoms with Crippen LogP contribution in [-0.2, 0) is 4.79 Å². The van der Waals surface area contributed by atoms with Gasteiger partial charge in [-0.15, -0.1) is 11.3 Å². The number of halogens is 1. The average molecular weight is 290 g/mol. The van der Waals surface area contributed by atoms with Crippen LogP contribution in [0.1, 0.15) is 15.2 Å². The predicted molar refractivity (Wildman–Crippen MR) is 75.4 cm³/mol. The smallest absolute Gasteiger partial charge is 0.268 e. The molecule has 0 aliphatic rings. The van der Waals surface area contributed by atoms with Crippen molar-refractivity contribution in [3.63, 3.8) is 0 Å². The Morgan fingerprint density at radius 2 is 1.90 bits per heavy atom. The lowest BCUT2D eigenvalue weighted by molar-refractivity contribution is -0.117. The quantitative estimate of drug-likeness (QED) is 0.673. The summed E-state index contributed by atoms with van der Waals surface area (Å²) in [4.78, 5) is 24.0. The summed E-state index contributed by atoms with van der Waals surface area (Å²) in [7, 11) is 0. The van der Waals surface area contributed by atoms with Crippen molar-refractivity contribution in [1.29, 1.82) is 0 Å². The summed E-state index contributed by atoms with van der Waals surface area (Å²) in [5.74, 6) is -1.85. The van der Waals surface area contributed by atoms with Crippen molar-refractivity contribution in [3.8, 4) is 0 Å². The number of hydrazine groups is 1. The standard InChI is InChI=1S/C14H11FN2O2S/c15-12-6-2-1-5-11(12)14(19)17-16-13(18)8-7-10-4-3-9-20-10/h1-9H,(H,16,18)(H,17,19)/b8-7+. The van der Waals surface area contributed by atoms with E-state index in [1.54, 1.807) is 6.08 Å². The second-order valence-electron chi connectivity index (χ2n) is 3.77. The Kier molecular flexibility index (Phi) is 4.62. The first-order chi connectivity index (χ1) is 9.66. The lowest BCUT2D eigenvalue weighted by Gasteiger charge is -2.05. The normalized spacial score (nSPS) is 10.4. The van der Waals surface area contributed by atoms with E-state index in [1.165, 1.54) is 41.7 Å². The minimum atomic E-state index is -0.707. The largest absolute Gasteiger partial charge is 0.272 e. The molecule has 1 aromatic carbocycles. The maximum atomic E-state index is 13.3. The molecule has 2 aromatic rings. The third kappa shape index (κ3) is 3.76. The van der Waals surface area contributed by atoms with Crippen LogP contribution >= 0.6 is 11.3 Å². The van der Waals surface area contributed by atoms with Crippen LogP contribution in [0.4, 0.5) is 4.39 Å². The first-order valence-corrected chi connectivity index (χ1v) is 6.61. The molecule has 0 aliphatic heterocycles. The number of hydrogen-bond donors (Lipinski definition) is 2. The average Bonchev–Trinajstić information content (AvgIpc) is 2.96. The first kappa shape index (κ1) is 14.0. The van der Waals surface area contributed by atoms with Crippen molar-refractivity contribution in [2.45, 2.75) is 0 Å². The van der Waals surface area contributed by atoms with Crippen LogP contribution in [0, 0.1) is 5.82 Å². The van der Waals surface area contributed by atoms with Gasteiger partial charge in [-0.05, 0) is 29.7 Å². The van der Waals surface area contributed by atoms with Gasteiger partial charge in [-0.25, -0.2) is 4.39 Å². The van der Waals surface area contributed by atoms with Crippen molar-refractivity contribution < 1.29 is 14.0 Å². The van der Waals surface area contributed by atoms with E-state index in [2.05, 4.69) is 10.9 Å². The topological polar surface area (TPSA) is 58.2 Å². The molecule has 6 heteroatoms. The molecule has 0 fully saturated rings. The minimum absolute atomic E-state index is 0.130. The second kappa shape index (κ2) is 6.63. The first-order valence-electron chi connectivity index (χ1n) is 5.73. The van der Waals surface area contributed by atoms with Gasteiger partial charge in [0.2, 0.25) is 0 Å². The number of amides is 2. The van der Waals surface area contributed by atoms with Crippen LogP contribution in [0.25, 0.3) is 6.08 Å². The fourth-order valence-corrected chi connectivity index (χ4v) is 2.03. The molecular formula is C14H11FN2O2S. The molecule has 20 heavy (non-hydrogen) atoms. The lowest BCUT2D eigenvalue weighted by Crippen LogP contribution is -2.41. The molecule has 2 amide bonds. The molecule has 4 nitrogen and oxygen atoms in total. The monoisotopic (exact) mass is 290 g/mol. The number of nitrogens with one attached hydrogen (secondary N) is 2. The Labute approximate surface area is 118 Å². The molecule has 2 N–H and O–H groups in total. The Morgan fingerprint density at radius 3 is 2.60 bits per heavy atom. The van der Waals surface area contributed by atoms with E-state index in [0.717, 1.165) is 4.88 Å². The molecule has 1 heterocycles. The number of carbonyl (C=O) groups excluding carboxylic acids is 2. The van der Waals surface area contributed by atoms with Crippen LogP contribution < -0.4 is 10.9 Å². The van der Waals surface area contributed by atoms with Crippen LogP contribution in [0.3, 0.4) is 0 Å². The highest BCUT2D eigenvalue weighted by atomic mass is 32.1. The minimum Gasteiger partial charge on any atom is -0.268 e. The van der Waals surface area contributed by atoms with Gasteiger partial charge in [0.15, 0.2) is 0 Å². The summed E-state index contributed by atoms with van der Waals surface area (Å²) in [5.41, 5.74) is 4.20. The Balaban J connectivity index is 1.87. The summed E-state index contributed by atoms with van der Waals surface area (Å²) in [5, 5.41) is 1.89. The van der Waals surface area contributed by atoms with Gasteiger partial charge in [-0.2, -0.15) is 0 Å². The van der Waals surface area contributed by atoms with Crippen LogP contribution in [-0.4, -0.2) is 11.8 Å². The highest BCUT2D eigenvalue weighted by molar-refractivity contribution is 7.10. The summed E-state index contributed by atoms with van der Waals surface area (Å²) in [6, 6.07) is 9.24. The molecule has 2 rings (SSSR count). The molecule has 0 aliphatic carbocycles. The van der Waals surface area contributed by atoms with Crippen LogP contribution in [0.2, 0.25) is 0 Å². The van der Waals surface area contributed by atoms with E-state index in [-0.39, 0.29) is 5.56 Å². The highest BCUT2D eigenvalue weighted by Gasteiger charge is 2.10. The summed E-state index contributed by atoms with van der Waals surface area (Å²) >= 11 is 1.48. The van der Waals surface area contributed by atoms with E-state index in [9.17, 15) is 14.0 Å². The van der Waals surface area contributed by atoms with Crippen molar-refractivity contribution in [2.75, 3.05) is 0 Å². The molecule has 0 saturated carbocycles. The molecule has 0 spiro atoms. The number of hydrogen-bond acceptors (Lipinski definition) is 3. The molecule has 0 unspecified atom stereocenters. The lowest BCUT2D eigenvalue weighted by atomic mass is 10.2. The molecule has 0 saturated heterocycles. The Bertz CT molecular complexity index is 638. The third-order valence-electron chi connectivity index (χ3n) is 2.36. The molecule has 102 valence electrons. The van der Waals surface area contributed by atoms with Crippen molar-refractivity contribution in [3.05, 3.63) is 64.1 Å². The fourth-order valence-electron chi connectivity index (χ4n) is 1.42. The zero-order chi connectivity index (χ0) is 14.4. The molecule has 1 aromatic heterocycles. The van der Waals surface area contributed by atoms with Gasteiger partial charge in [0.1, 0.15) is 5.82 Å². The fraction of sp³-hybridized carbons (Fsp3) is 0. The van der Waals surface area contributed by atoms with Crippen molar-refractivity contribution in [1.82, 2.24) is 10.9 Å². The molecule has 0 radical (unpaired) electrons. The van der Waals surface area contributed by atoms with E-state index in [1.807, 2.05) is 17.5 Å². The van der Waals surface area contributed by atoms with Gasteiger partial charge in [-0.1, -0.05) is 18.2 Å². The van der Waals surface area contributed by atoms with Crippen LogP contribution in [0.15, 0.2) is 47.9 Å². The number of benzene rings is 1. The molecule has 0 atom stereocenters. The van der Waals surface area contributed by atoms with Gasteiger partial charge < -0.3 is 0 Å². The molecule has 0 bridgehead atoms. The maximum Gasteiger partial charge on any atom is 0.272 e. The van der Waals surface area contributed by atoms with E-state index >= 15 is 0 Å². The number of thiophene rings is 1. The van der Waals surface area contributed by atoms with Gasteiger partial charge in [0, 0.05) is 11.0 Å². The molecular weight excluding hydrogens is 279 g/mol. The second-order valence-corrected chi connectivity index (χ2v) is 4.75. The van der Waals surface area contributed by atoms with Gasteiger partial charge in [0.25, 0.3) is 11.8 Å². The van der Waals surface area contributed by atoms with Crippen molar-refractivity contribution >= 4 is 29.2 Å². The van der Waals surface area contributed by atoms with Gasteiger partial charge in [0.05, 0.1) is 5.56 Å². The Hall–Kier alpha value is -2.47. The highest BCUT2D eigenvalue weighted by Crippen LogP contribution is 2.09. The van der Waals surface area contributed by atoms with Gasteiger partial charge >= 0.3 is 0 Å². The summed E-state index contributed by atoms with van der Waals surface area (Å²) in [6.07, 6.45) is 2.91. The van der Waals surface area contributed by atoms with Crippen LogP contribution in [0.5, 0.6) is 0 Å². The van der Waals surface area contributed by atoms with Gasteiger partial charge in [-0.3, -0.25) is 20.4 Å². The van der Waals surface area contributed by atoms with E-state index < -0.39 is 17.6 Å². The zero-order valence-electron chi connectivity index (χ0n) is 10.3. The van der Waals surface area contributed by atoms with E-state index in [0.29, 0.717) is 0 Å². The van der Waals surface area contributed by atoms with E-state index in [4.69, 9.17) is 0 Å². The third-order valence-corrected chi connectivity index (χ3v) is 3.20. The summed E-state index contributed by atoms with van der Waals surface area (Å²) in [6.45, 7) is 0. The SMILES string of the molecule is O=C(/C=C/c1cccs1)NNC(=O)c1ccccc1F. The Morgan fingerprint density at radius 1 is 1.10 bits per heavy atom. The van der Waals surface area contributed by atoms with Crippen molar-refractivity contribution in [2.24, 2.45) is 0 Å². The zero-order valence-corrected chi connectivity index (χ0v) is 11.1. The summed E-state index contributed by atoms with van der Waals surface area (Å²) < 4.78 is 13.3.